The third kappa shape index (κ3) is 3.69. The van der Waals surface area contributed by atoms with Gasteiger partial charge < -0.3 is 9.47 Å². The normalized spacial score (nSPS) is 23.3. The van der Waals surface area contributed by atoms with E-state index in [-0.39, 0.29) is 18.0 Å². The molecule has 0 bridgehead atoms. The number of hydrogen-bond acceptors (Lipinski definition) is 5. The van der Waals surface area contributed by atoms with Crippen LogP contribution in [0.5, 0.6) is 5.88 Å². The van der Waals surface area contributed by atoms with Gasteiger partial charge in [-0.25, -0.2) is 9.37 Å². The summed E-state index contributed by atoms with van der Waals surface area (Å²) in [6, 6.07) is 10.7. The standard InChI is InChI=1S/C23H25FN4O2/c1-29-19-13-16-12-17(24)7-10-20(16)28-21(14-19)26-27-23(28)15-5-8-18(9-6-15)30-22-4-2-3-11-25-22/h2-4,7,10-12,15,18-19H,5-6,8-9,13-14H2,1H3/t15?,18?,19-/m0/s1. The molecule has 0 radical (unpaired) electrons. The Morgan fingerprint density at radius 2 is 1.87 bits per heavy atom. The number of methoxy groups -OCH3 is 1. The van der Waals surface area contributed by atoms with Crippen LogP contribution in [0.1, 0.15) is 48.8 Å². The zero-order valence-corrected chi connectivity index (χ0v) is 17.0. The largest absolute Gasteiger partial charge is 0.474 e. The molecule has 0 saturated heterocycles. The van der Waals surface area contributed by atoms with E-state index in [1.165, 1.54) is 6.07 Å². The van der Waals surface area contributed by atoms with Crippen LogP contribution in [0.3, 0.4) is 0 Å². The highest BCUT2D eigenvalue weighted by atomic mass is 19.1. The average Bonchev–Trinajstić information content (AvgIpc) is 3.11. The van der Waals surface area contributed by atoms with Crippen molar-refractivity contribution in [3.05, 3.63) is 65.6 Å². The summed E-state index contributed by atoms with van der Waals surface area (Å²) in [5.74, 6) is 2.60. The van der Waals surface area contributed by atoms with E-state index in [2.05, 4.69) is 19.7 Å². The first-order valence-electron chi connectivity index (χ1n) is 10.5. The number of aromatic nitrogens is 4. The Bertz CT molecular complexity index is 1020. The molecule has 1 saturated carbocycles. The van der Waals surface area contributed by atoms with Gasteiger partial charge in [0.25, 0.3) is 0 Å². The zero-order valence-electron chi connectivity index (χ0n) is 17.0. The van der Waals surface area contributed by atoms with Gasteiger partial charge in [0, 0.05) is 38.1 Å². The smallest absolute Gasteiger partial charge is 0.213 e. The molecule has 1 fully saturated rings. The maximum atomic E-state index is 13.9. The first-order chi connectivity index (χ1) is 14.7. The molecular formula is C23H25FN4O2. The van der Waals surface area contributed by atoms with Crippen molar-refractivity contribution in [1.82, 2.24) is 19.7 Å². The van der Waals surface area contributed by atoms with E-state index < -0.39 is 0 Å². The van der Waals surface area contributed by atoms with Gasteiger partial charge in [-0.15, -0.1) is 10.2 Å². The van der Waals surface area contributed by atoms with E-state index in [0.717, 1.165) is 48.6 Å². The Kier molecular flexibility index (Phi) is 5.21. The summed E-state index contributed by atoms with van der Waals surface area (Å²) < 4.78 is 27.7. The second-order valence-corrected chi connectivity index (χ2v) is 8.11. The molecule has 0 unspecified atom stereocenters. The van der Waals surface area contributed by atoms with Crippen molar-refractivity contribution in [1.29, 1.82) is 0 Å². The number of fused-ring (bicyclic) bond motifs is 3. The van der Waals surface area contributed by atoms with E-state index in [4.69, 9.17) is 9.47 Å². The van der Waals surface area contributed by atoms with E-state index in [9.17, 15) is 4.39 Å². The third-order valence-electron chi connectivity index (χ3n) is 6.19. The molecule has 2 aromatic heterocycles. The van der Waals surface area contributed by atoms with Gasteiger partial charge in [0.1, 0.15) is 23.6 Å². The van der Waals surface area contributed by atoms with Crippen LogP contribution in [-0.2, 0) is 17.6 Å². The Morgan fingerprint density at radius 3 is 2.63 bits per heavy atom. The number of pyridine rings is 1. The fraction of sp³-hybridized carbons (Fsp3) is 0.435. The maximum Gasteiger partial charge on any atom is 0.213 e. The molecule has 0 amide bonds. The first kappa shape index (κ1) is 19.2. The van der Waals surface area contributed by atoms with Gasteiger partial charge in [-0.3, -0.25) is 4.57 Å². The summed E-state index contributed by atoms with van der Waals surface area (Å²) in [7, 11) is 1.69. The third-order valence-corrected chi connectivity index (χ3v) is 6.19. The van der Waals surface area contributed by atoms with E-state index in [0.29, 0.717) is 24.6 Å². The second-order valence-electron chi connectivity index (χ2n) is 8.11. The molecule has 0 N–H and O–H groups in total. The molecular weight excluding hydrogens is 383 g/mol. The predicted octanol–water partition coefficient (Wildman–Crippen LogP) is 4.02. The highest BCUT2D eigenvalue weighted by molar-refractivity contribution is 5.45. The summed E-state index contributed by atoms with van der Waals surface area (Å²) >= 11 is 0. The van der Waals surface area contributed by atoms with Crippen LogP contribution >= 0.6 is 0 Å². The molecule has 156 valence electrons. The van der Waals surface area contributed by atoms with Crippen LogP contribution in [0.25, 0.3) is 5.69 Å². The first-order valence-corrected chi connectivity index (χ1v) is 10.5. The van der Waals surface area contributed by atoms with Crippen LogP contribution in [0.2, 0.25) is 0 Å². The predicted molar refractivity (Wildman–Crippen MR) is 109 cm³/mol. The van der Waals surface area contributed by atoms with Crippen LogP contribution in [0.15, 0.2) is 42.6 Å². The quantitative estimate of drug-likeness (QED) is 0.653. The SMILES string of the molecule is CO[C@H]1Cc2cc(F)ccc2-n2c(nnc2C2CCC(Oc3ccccn3)CC2)C1. The Balaban J connectivity index is 1.39. The molecule has 1 aliphatic heterocycles. The van der Waals surface area contributed by atoms with Crippen molar-refractivity contribution in [2.75, 3.05) is 7.11 Å². The molecule has 3 aromatic rings. The summed E-state index contributed by atoms with van der Waals surface area (Å²) in [6.45, 7) is 0. The minimum atomic E-state index is -0.228. The lowest BCUT2D eigenvalue weighted by molar-refractivity contribution is 0.102. The van der Waals surface area contributed by atoms with Gasteiger partial charge in [0.15, 0.2) is 0 Å². The van der Waals surface area contributed by atoms with Gasteiger partial charge in [0.05, 0.1) is 11.8 Å². The molecule has 1 aromatic carbocycles. The number of hydrogen-bond donors (Lipinski definition) is 0. The summed E-state index contributed by atoms with van der Waals surface area (Å²) in [5, 5.41) is 9.07. The van der Waals surface area contributed by atoms with Gasteiger partial charge in [-0.1, -0.05) is 6.07 Å². The number of ether oxygens (including phenoxy) is 2. The minimum Gasteiger partial charge on any atom is -0.474 e. The Hall–Kier alpha value is -2.80. The van der Waals surface area contributed by atoms with Crippen molar-refractivity contribution in [2.45, 2.75) is 56.7 Å². The fourth-order valence-corrected chi connectivity index (χ4v) is 4.64. The second kappa shape index (κ2) is 8.14. The molecule has 7 heteroatoms. The number of rotatable bonds is 4. The molecule has 5 rings (SSSR count). The van der Waals surface area contributed by atoms with Gasteiger partial charge >= 0.3 is 0 Å². The molecule has 0 spiro atoms. The Labute approximate surface area is 175 Å². The lowest BCUT2D eigenvalue weighted by Crippen LogP contribution is -2.25. The monoisotopic (exact) mass is 408 g/mol. The molecule has 30 heavy (non-hydrogen) atoms. The highest BCUT2D eigenvalue weighted by Gasteiger charge is 2.31. The molecule has 6 nitrogen and oxygen atoms in total. The molecule has 1 atom stereocenters. The van der Waals surface area contributed by atoms with Crippen LogP contribution in [0.4, 0.5) is 4.39 Å². The lowest BCUT2D eigenvalue weighted by Gasteiger charge is -2.28. The van der Waals surface area contributed by atoms with Gasteiger partial charge in [0.2, 0.25) is 5.88 Å². The highest BCUT2D eigenvalue weighted by Crippen LogP contribution is 2.36. The fourth-order valence-electron chi connectivity index (χ4n) is 4.64. The van der Waals surface area contributed by atoms with Crippen molar-refractivity contribution >= 4 is 0 Å². The number of nitrogens with zero attached hydrogens (tertiary/aromatic N) is 4. The van der Waals surface area contributed by atoms with Crippen molar-refractivity contribution in [2.24, 2.45) is 0 Å². The molecule has 2 aliphatic rings. The van der Waals surface area contributed by atoms with Crippen molar-refractivity contribution < 1.29 is 13.9 Å². The molecule has 3 heterocycles. The van der Waals surface area contributed by atoms with Crippen molar-refractivity contribution in [3.8, 4) is 11.6 Å². The van der Waals surface area contributed by atoms with Crippen molar-refractivity contribution in [3.63, 3.8) is 0 Å². The zero-order chi connectivity index (χ0) is 20.5. The van der Waals surface area contributed by atoms with E-state index >= 15 is 0 Å². The average molecular weight is 408 g/mol. The van der Waals surface area contributed by atoms with Gasteiger partial charge in [-0.2, -0.15) is 0 Å². The van der Waals surface area contributed by atoms with Crippen LogP contribution in [-0.4, -0.2) is 39.1 Å². The van der Waals surface area contributed by atoms with E-state index in [1.807, 2.05) is 24.3 Å². The topological polar surface area (TPSA) is 62.1 Å². The summed E-state index contributed by atoms with van der Waals surface area (Å²) in [4.78, 5) is 4.27. The van der Waals surface area contributed by atoms with Gasteiger partial charge in [-0.05, 0) is 55.5 Å². The van der Waals surface area contributed by atoms with E-state index in [1.54, 1.807) is 19.4 Å². The Morgan fingerprint density at radius 1 is 1.00 bits per heavy atom. The minimum absolute atomic E-state index is 0.0358. The summed E-state index contributed by atoms with van der Waals surface area (Å²) in [6.07, 6.45) is 7.04. The number of benzene rings is 1. The number of halogens is 1. The van der Waals surface area contributed by atoms with Crippen LogP contribution < -0.4 is 4.74 Å². The summed E-state index contributed by atoms with van der Waals surface area (Å²) in [5.41, 5.74) is 1.91. The molecule has 1 aliphatic carbocycles. The lowest BCUT2D eigenvalue weighted by atomic mass is 9.86. The van der Waals surface area contributed by atoms with Crippen LogP contribution in [0, 0.1) is 5.82 Å². The maximum absolute atomic E-state index is 13.9.